The summed E-state index contributed by atoms with van der Waals surface area (Å²) in [6.07, 6.45) is -0.0604. The topological polar surface area (TPSA) is 74.6 Å². The maximum atomic E-state index is 10.7. The van der Waals surface area contributed by atoms with Crippen molar-refractivity contribution in [1.29, 1.82) is 0 Å². The molecule has 5 heteroatoms. The summed E-state index contributed by atoms with van der Waals surface area (Å²) in [4.78, 5) is 21.1. The van der Waals surface area contributed by atoms with Crippen LogP contribution in [0.4, 0.5) is 0 Å². The van der Waals surface area contributed by atoms with Crippen LogP contribution in [-0.4, -0.2) is 22.2 Å². The van der Waals surface area contributed by atoms with Gasteiger partial charge in [0, 0.05) is 17.1 Å². The van der Waals surface area contributed by atoms with E-state index in [1.807, 2.05) is 30.3 Å². The maximum Gasteiger partial charge on any atom is 0.306 e. The van der Waals surface area contributed by atoms with Gasteiger partial charge in [0.25, 0.3) is 0 Å². The molecule has 0 fully saturated rings. The molecule has 0 saturated carbocycles. The number of hydrogen-bond donors (Lipinski definition) is 2. The number of carboxylic acids is 2. The maximum absolute atomic E-state index is 10.7. The average molecular weight is 316 g/mol. The normalized spacial score (nSPS) is 10.6. The van der Waals surface area contributed by atoms with E-state index >= 15 is 0 Å². The van der Waals surface area contributed by atoms with Gasteiger partial charge in [-0.3, -0.25) is 9.59 Å². The Morgan fingerprint density at radius 1 is 1.05 bits per heavy atom. The average Bonchev–Trinajstić information content (AvgIpc) is 3.03. The van der Waals surface area contributed by atoms with Crippen LogP contribution in [0.1, 0.15) is 12.0 Å². The van der Waals surface area contributed by atoms with E-state index < -0.39 is 17.9 Å². The molecular weight excluding hydrogens is 300 g/mol. The van der Waals surface area contributed by atoms with Crippen LogP contribution in [0.2, 0.25) is 0 Å². The molecule has 0 aromatic heterocycles. The molecule has 110 valence electrons. The predicted molar refractivity (Wildman–Crippen MR) is 71.2 cm³/mol. The van der Waals surface area contributed by atoms with Gasteiger partial charge >= 0.3 is 11.9 Å². The molecule has 2 N–H and O–H groups in total. The van der Waals surface area contributed by atoms with E-state index in [-0.39, 0.29) is 29.9 Å². The molecule has 0 bridgehead atoms. The summed E-state index contributed by atoms with van der Waals surface area (Å²) in [6, 6.07) is 17.2. The molecule has 0 radical (unpaired) electrons. The predicted octanol–water partition coefficient (Wildman–Crippen LogP) is 2.53. The van der Waals surface area contributed by atoms with Gasteiger partial charge in [-0.15, -0.1) is 0 Å². The second-order valence-electron chi connectivity index (χ2n) is 4.09. The van der Waals surface area contributed by atoms with Crippen LogP contribution in [-0.2, 0) is 33.1 Å². The van der Waals surface area contributed by atoms with Crippen LogP contribution >= 0.6 is 0 Å². The van der Waals surface area contributed by atoms with Gasteiger partial charge in [0.15, 0.2) is 0 Å². The largest absolute Gasteiger partial charge is 0.481 e. The zero-order chi connectivity index (χ0) is 14.1. The summed E-state index contributed by atoms with van der Waals surface area (Å²) < 4.78 is 0. The van der Waals surface area contributed by atoms with Gasteiger partial charge in [0.2, 0.25) is 0 Å². The van der Waals surface area contributed by atoms with Gasteiger partial charge in [-0.25, -0.2) is 24.3 Å². The van der Waals surface area contributed by atoms with Gasteiger partial charge < -0.3 is 10.2 Å². The third kappa shape index (κ3) is 7.56. The zero-order valence-corrected chi connectivity index (χ0v) is 11.9. The van der Waals surface area contributed by atoms with Crippen molar-refractivity contribution in [2.24, 2.45) is 5.92 Å². The molecule has 2 rings (SSSR count). The Morgan fingerprint density at radius 2 is 1.60 bits per heavy atom. The minimum Gasteiger partial charge on any atom is -0.481 e. The molecule has 0 aliphatic carbocycles. The number of carboxylic acid groups (broad SMARTS) is 2. The second-order valence-corrected chi connectivity index (χ2v) is 4.09. The summed E-state index contributed by atoms with van der Waals surface area (Å²) in [5, 5.41) is 17.3. The van der Waals surface area contributed by atoms with Crippen molar-refractivity contribution in [3.63, 3.8) is 0 Å². The molecule has 0 saturated heterocycles. The Kier molecular flexibility index (Phi) is 9.09. The molecule has 2 aromatic carbocycles. The minimum atomic E-state index is -1.08. The van der Waals surface area contributed by atoms with Crippen LogP contribution in [0.15, 0.2) is 54.6 Å². The Morgan fingerprint density at radius 3 is 1.95 bits per heavy atom. The smallest absolute Gasteiger partial charge is 0.306 e. The minimum absolute atomic E-state index is 0. The van der Waals surface area contributed by atoms with Crippen molar-refractivity contribution in [3.05, 3.63) is 60.2 Å². The van der Waals surface area contributed by atoms with Crippen LogP contribution in [0.3, 0.4) is 0 Å². The first-order chi connectivity index (χ1) is 9.09. The fraction of sp³-hybridized carbons (Fsp3) is 0.200. The molecule has 0 heterocycles. The van der Waals surface area contributed by atoms with Crippen molar-refractivity contribution in [3.8, 4) is 0 Å². The van der Waals surface area contributed by atoms with E-state index in [4.69, 9.17) is 10.2 Å². The van der Waals surface area contributed by atoms with E-state index in [1.165, 1.54) is 0 Å². The van der Waals surface area contributed by atoms with Gasteiger partial charge in [-0.05, 0) is 0 Å². The van der Waals surface area contributed by atoms with E-state index in [9.17, 15) is 9.59 Å². The van der Waals surface area contributed by atoms with Gasteiger partial charge in [-0.1, -0.05) is 6.42 Å². The number of aliphatic carboxylic acids is 2. The Balaban J connectivity index is 0.000000507. The van der Waals surface area contributed by atoms with Crippen LogP contribution in [0.25, 0.3) is 0 Å². The zero-order valence-electron chi connectivity index (χ0n) is 10.8. The van der Waals surface area contributed by atoms with E-state index in [0.29, 0.717) is 0 Å². The molecule has 0 amide bonds. The van der Waals surface area contributed by atoms with Crippen molar-refractivity contribution in [1.82, 2.24) is 0 Å². The quantitative estimate of drug-likeness (QED) is 0.656. The summed E-state index contributed by atoms with van der Waals surface area (Å²) in [5.74, 6) is -2.98. The third-order valence-electron chi connectivity index (χ3n) is 2.54. The first kappa shape index (κ1) is 18.2. The summed E-state index contributed by atoms with van der Waals surface area (Å²) in [6.45, 7) is 0. The van der Waals surface area contributed by atoms with Gasteiger partial charge in [0.1, 0.15) is 0 Å². The molecule has 20 heavy (non-hydrogen) atoms. The van der Waals surface area contributed by atoms with Gasteiger partial charge in [0.05, 0.1) is 12.3 Å². The summed E-state index contributed by atoms with van der Waals surface area (Å²) in [7, 11) is 0. The van der Waals surface area contributed by atoms with E-state index in [0.717, 1.165) is 5.56 Å². The molecule has 1 unspecified atom stereocenters. The van der Waals surface area contributed by atoms with Crippen molar-refractivity contribution >= 4 is 11.9 Å². The Hall–Kier alpha value is -1.84. The van der Waals surface area contributed by atoms with Crippen LogP contribution < -0.4 is 0 Å². The van der Waals surface area contributed by atoms with E-state index in [2.05, 4.69) is 0 Å². The standard InChI is InChI=1S/C10H11O4.C5H5.Fe/c11-9(12)6-8(10(13)14)5-7-3-1-2-4-7;1-2-4-5-3-1;/h1-4,8H,5-6H2,(H,11,12)(H,13,14);1-5H;/q2*-1;. The van der Waals surface area contributed by atoms with E-state index in [1.54, 1.807) is 24.3 Å². The van der Waals surface area contributed by atoms with Crippen LogP contribution in [0.5, 0.6) is 0 Å². The summed E-state index contributed by atoms with van der Waals surface area (Å²) in [5.41, 5.74) is 0.860. The number of carbonyl (C=O) groups is 2. The molecule has 1 atom stereocenters. The Labute approximate surface area is 128 Å². The molecule has 4 nitrogen and oxygen atoms in total. The van der Waals surface area contributed by atoms with Crippen LogP contribution in [0, 0.1) is 5.92 Å². The fourth-order valence-corrected chi connectivity index (χ4v) is 1.61. The fourth-order valence-electron chi connectivity index (χ4n) is 1.61. The van der Waals surface area contributed by atoms with Crippen molar-refractivity contribution in [2.45, 2.75) is 12.8 Å². The number of hydrogen-bond acceptors (Lipinski definition) is 2. The summed E-state index contributed by atoms with van der Waals surface area (Å²) >= 11 is 0. The third-order valence-corrected chi connectivity index (χ3v) is 2.54. The molecular formula is C15H16FeO4-2. The first-order valence-corrected chi connectivity index (χ1v) is 5.91. The molecule has 0 aliphatic rings. The number of rotatable bonds is 5. The molecule has 0 spiro atoms. The first-order valence-electron chi connectivity index (χ1n) is 5.91. The molecule has 0 aliphatic heterocycles. The van der Waals surface area contributed by atoms with Crippen molar-refractivity contribution in [2.75, 3.05) is 0 Å². The molecule has 2 aromatic rings. The van der Waals surface area contributed by atoms with Gasteiger partial charge in [-0.2, -0.15) is 35.9 Å². The SMILES string of the molecule is O=C(O)CC(C[c-]1cccc1)C(=O)O.[Fe].c1cc[cH-]c1. The second kappa shape index (κ2) is 10.0. The monoisotopic (exact) mass is 316 g/mol. The van der Waals surface area contributed by atoms with Crippen molar-refractivity contribution < 1.29 is 36.9 Å². The Bertz CT molecular complexity index is 457.